The van der Waals surface area contributed by atoms with Gasteiger partial charge in [-0.3, -0.25) is 4.79 Å². The van der Waals surface area contributed by atoms with Crippen molar-refractivity contribution in [1.29, 1.82) is 0 Å². The number of aromatic nitrogens is 2. The van der Waals surface area contributed by atoms with Gasteiger partial charge in [-0.15, -0.1) is 0 Å². The predicted octanol–water partition coefficient (Wildman–Crippen LogP) is 4.02. The third-order valence-corrected chi connectivity index (χ3v) is 3.77. The molecule has 0 radical (unpaired) electrons. The van der Waals surface area contributed by atoms with Crippen molar-refractivity contribution in [3.63, 3.8) is 0 Å². The fourth-order valence-corrected chi connectivity index (χ4v) is 2.46. The Bertz CT molecular complexity index is 918. The zero-order chi connectivity index (χ0) is 17.3. The molecule has 0 saturated heterocycles. The highest BCUT2D eigenvalue weighted by Crippen LogP contribution is 2.20. The van der Waals surface area contributed by atoms with Crippen molar-refractivity contribution in [2.45, 2.75) is 13.8 Å². The summed E-state index contributed by atoms with van der Waals surface area (Å²) in [6.07, 6.45) is 1.38. The first-order valence-electron chi connectivity index (χ1n) is 7.34. The van der Waals surface area contributed by atoms with Gasteiger partial charge in [0, 0.05) is 5.69 Å². The molecule has 0 spiro atoms. The van der Waals surface area contributed by atoms with Gasteiger partial charge in [-0.1, -0.05) is 12.1 Å². The number of carbonyl (C=O) groups is 1. The fraction of sp³-hybridized carbons (Fsp3) is 0.111. The second-order valence-corrected chi connectivity index (χ2v) is 5.42. The van der Waals surface area contributed by atoms with E-state index in [-0.39, 0.29) is 17.4 Å². The molecule has 0 aliphatic carbocycles. The number of para-hydroxylation sites is 1. The van der Waals surface area contributed by atoms with Crippen LogP contribution in [0.4, 0.5) is 14.5 Å². The number of aryl methyl sites for hydroxylation is 1. The van der Waals surface area contributed by atoms with Crippen LogP contribution in [-0.4, -0.2) is 15.7 Å². The van der Waals surface area contributed by atoms with Gasteiger partial charge in [0.2, 0.25) is 0 Å². The minimum Gasteiger partial charge on any atom is -0.322 e. The summed E-state index contributed by atoms with van der Waals surface area (Å²) in [7, 11) is 0. The first-order chi connectivity index (χ1) is 11.5. The van der Waals surface area contributed by atoms with Gasteiger partial charge in [0.05, 0.1) is 17.5 Å². The quantitative estimate of drug-likeness (QED) is 0.790. The standard InChI is InChI=1S/C18H15F2N3O/c1-11-9-13(19)7-8-16(11)22-18(24)14-10-21-23(12(14)2)17-6-4-3-5-15(17)20/h3-10H,1-2H3,(H,22,24). The first-order valence-corrected chi connectivity index (χ1v) is 7.34. The summed E-state index contributed by atoms with van der Waals surface area (Å²) in [4.78, 5) is 12.4. The van der Waals surface area contributed by atoms with Crippen molar-refractivity contribution in [3.05, 3.63) is 77.1 Å². The molecule has 1 N–H and O–H groups in total. The Balaban J connectivity index is 1.91. The van der Waals surface area contributed by atoms with E-state index in [1.807, 2.05) is 0 Å². The van der Waals surface area contributed by atoms with Gasteiger partial charge in [-0.05, 0) is 49.7 Å². The second-order valence-electron chi connectivity index (χ2n) is 5.42. The maximum Gasteiger partial charge on any atom is 0.259 e. The summed E-state index contributed by atoms with van der Waals surface area (Å²) >= 11 is 0. The molecule has 0 saturated carbocycles. The lowest BCUT2D eigenvalue weighted by Crippen LogP contribution is -2.14. The monoisotopic (exact) mass is 327 g/mol. The van der Waals surface area contributed by atoms with Crippen LogP contribution in [0.5, 0.6) is 0 Å². The van der Waals surface area contributed by atoms with E-state index in [2.05, 4.69) is 10.4 Å². The van der Waals surface area contributed by atoms with Crippen LogP contribution in [0.25, 0.3) is 5.69 Å². The summed E-state index contributed by atoms with van der Waals surface area (Å²) in [5.41, 5.74) is 2.23. The van der Waals surface area contributed by atoms with Crippen molar-refractivity contribution in [2.24, 2.45) is 0 Å². The van der Waals surface area contributed by atoms with Crippen LogP contribution >= 0.6 is 0 Å². The van der Waals surface area contributed by atoms with E-state index in [1.165, 1.54) is 35.1 Å². The maximum atomic E-state index is 13.9. The molecule has 0 unspecified atom stereocenters. The molecule has 0 aliphatic rings. The summed E-state index contributed by atoms with van der Waals surface area (Å²) in [6, 6.07) is 10.3. The molecule has 0 fully saturated rings. The van der Waals surface area contributed by atoms with E-state index in [1.54, 1.807) is 32.0 Å². The molecule has 0 atom stereocenters. The normalized spacial score (nSPS) is 10.7. The van der Waals surface area contributed by atoms with Crippen molar-refractivity contribution in [1.82, 2.24) is 9.78 Å². The highest BCUT2D eigenvalue weighted by atomic mass is 19.1. The molecule has 1 amide bonds. The van der Waals surface area contributed by atoms with Crippen LogP contribution in [0.1, 0.15) is 21.6 Å². The number of anilines is 1. The Morgan fingerprint density at radius 2 is 1.88 bits per heavy atom. The molecular formula is C18H15F2N3O. The minimum absolute atomic E-state index is 0.270. The largest absolute Gasteiger partial charge is 0.322 e. The number of hydrogen-bond donors (Lipinski definition) is 1. The van der Waals surface area contributed by atoms with Gasteiger partial charge in [-0.25, -0.2) is 13.5 Å². The van der Waals surface area contributed by atoms with E-state index in [9.17, 15) is 13.6 Å². The van der Waals surface area contributed by atoms with Crippen LogP contribution in [0.3, 0.4) is 0 Å². The van der Waals surface area contributed by atoms with Gasteiger partial charge in [0.15, 0.2) is 0 Å². The zero-order valence-electron chi connectivity index (χ0n) is 13.2. The molecule has 1 aromatic heterocycles. The summed E-state index contributed by atoms with van der Waals surface area (Å²) < 4.78 is 28.4. The summed E-state index contributed by atoms with van der Waals surface area (Å²) in [6.45, 7) is 3.39. The van der Waals surface area contributed by atoms with Crippen molar-refractivity contribution >= 4 is 11.6 Å². The number of carbonyl (C=O) groups excluding carboxylic acids is 1. The highest BCUT2D eigenvalue weighted by Gasteiger charge is 2.17. The SMILES string of the molecule is Cc1cc(F)ccc1NC(=O)c1cnn(-c2ccccc2F)c1C. The molecule has 6 heteroatoms. The second kappa shape index (κ2) is 6.23. The molecular weight excluding hydrogens is 312 g/mol. The van der Waals surface area contributed by atoms with Gasteiger partial charge < -0.3 is 5.32 Å². The lowest BCUT2D eigenvalue weighted by atomic mass is 10.1. The van der Waals surface area contributed by atoms with Gasteiger partial charge in [0.25, 0.3) is 5.91 Å². The number of rotatable bonds is 3. The summed E-state index contributed by atoms with van der Waals surface area (Å²) in [5.74, 6) is -1.18. The molecule has 2 aromatic carbocycles. The van der Waals surface area contributed by atoms with Gasteiger partial charge in [0.1, 0.15) is 17.3 Å². The molecule has 3 aromatic rings. The minimum atomic E-state index is -0.426. The maximum absolute atomic E-state index is 13.9. The molecule has 3 rings (SSSR count). The number of nitrogens with one attached hydrogen (secondary N) is 1. The van der Waals surface area contributed by atoms with E-state index < -0.39 is 5.82 Å². The van der Waals surface area contributed by atoms with Crippen molar-refractivity contribution < 1.29 is 13.6 Å². The third kappa shape index (κ3) is 2.90. The predicted molar refractivity (Wildman–Crippen MR) is 87.3 cm³/mol. The topological polar surface area (TPSA) is 46.9 Å². The molecule has 24 heavy (non-hydrogen) atoms. The number of amides is 1. The average molecular weight is 327 g/mol. The number of nitrogens with zero attached hydrogens (tertiary/aromatic N) is 2. The van der Waals surface area contributed by atoms with E-state index in [0.717, 1.165) is 0 Å². The number of hydrogen-bond acceptors (Lipinski definition) is 2. The van der Waals surface area contributed by atoms with Crippen molar-refractivity contribution in [3.8, 4) is 5.69 Å². The van der Waals surface area contributed by atoms with Crippen LogP contribution < -0.4 is 5.32 Å². The van der Waals surface area contributed by atoms with Crippen LogP contribution in [0.15, 0.2) is 48.7 Å². The Morgan fingerprint density at radius 1 is 1.12 bits per heavy atom. The Kier molecular flexibility index (Phi) is 4.12. The van der Waals surface area contributed by atoms with Gasteiger partial charge >= 0.3 is 0 Å². The Labute approximate surface area is 137 Å². The molecule has 122 valence electrons. The fourth-order valence-electron chi connectivity index (χ4n) is 2.46. The lowest BCUT2D eigenvalue weighted by molar-refractivity contribution is 0.102. The smallest absolute Gasteiger partial charge is 0.259 e. The molecule has 4 nitrogen and oxygen atoms in total. The van der Waals surface area contributed by atoms with E-state index >= 15 is 0 Å². The van der Waals surface area contributed by atoms with Crippen LogP contribution in [-0.2, 0) is 0 Å². The molecule has 1 heterocycles. The number of benzene rings is 2. The van der Waals surface area contributed by atoms with Crippen molar-refractivity contribution in [2.75, 3.05) is 5.32 Å². The first kappa shape index (κ1) is 15.9. The van der Waals surface area contributed by atoms with E-state index in [0.29, 0.717) is 22.5 Å². The third-order valence-electron chi connectivity index (χ3n) is 3.77. The van der Waals surface area contributed by atoms with Crippen LogP contribution in [0.2, 0.25) is 0 Å². The van der Waals surface area contributed by atoms with Crippen LogP contribution in [0, 0.1) is 25.5 Å². The Morgan fingerprint density at radius 3 is 2.58 bits per heavy atom. The highest BCUT2D eigenvalue weighted by molar-refractivity contribution is 6.05. The Hall–Kier alpha value is -3.02. The summed E-state index contributed by atoms with van der Waals surface area (Å²) in [5, 5.41) is 6.82. The lowest BCUT2D eigenvalue weighted by Gasteiger charge is -2.09. The van der Waals surface area contributed by atoms with E-state index in [4.69, 9.17) is 0 Å². The molecule has 0 bridgehead atoms. The zero-order valence-corrected chi connectivity index (χ0v) is 13.2. The number of halogens is 2. The molecule has 0 aliphatic heterocycles. The average Bonchev–Trinajstić information content (AvgIpc) is 2.92. The van der Waals surface area contributed by atoms with Gasteiger partial charge in [-0.2, -0.15) is 5.10 Å².